The fraction of sp³-hybridized carbons (Fsp3) is 0.333. The van der Waals surface area contributed by atoms with Gasteiger partial charge in [0.2, 0.25) is 5.91 Å². The van der Waals surface area contributed by atoms with Gasteiger partial charge in [-0.05, 0) is 31.2 Å². The predicted molar refractivity (Wildman–Crippen MR) is 134 cm³/mol. The molecule has 1 N–H and O–H groups in total. The summed E-state index contributed by atoms with van der Waals surface area (Å²) in [5.41, 5.74) is 2.40. The van der Waals surface area contributed by atoms with Crippen LogP contribution in [-0.2, 0) is 17.8 Å². The monoisotopic (exact) mass is 499 g/mol. The van der Waals surface area contributed by atoms with Crippen molar-refractivity contribution in [3.05, 3.63) is 63.9 Å². The number of thiazole rings is 1. The average Bonchev–Trinajstić information content (AvgIpc) is 3.28. The van der Waals surface area contributed by atoms with Crippen LogP contribution in [0.4, 0.5) is 10.8 Å². The molecule has 0 saturated heterocycles. The zero-order chi connectivity index (χ0) is 24.1. The van der Waals surface area contributed by atoms with E-state index >= 15 is 0 Å². The first-order chi connectivity index (χ1) is 16.5. The Bertz CT molecular complexity index is 1170. The number of ether oxygens (including phenoxy) is 1. The van der Waals surface area contributed by atoms with Crippen molar-refractivity contribution < 1.29 is 14.3 Å². The number of halogens is 1. The third-order valence-electron chi connectivity index (χ3n) is 5.59. The molecular formula is C24H26ClN5O3S. The Morgan fingerprint density at radius 1 is 1.29 bits per heavy atom. The van der Waals surface area contributed by atoms with Gasteiger partial charge in [0.05, 0.1) is 24.4 Å². The number of carbonyl (C=O) groups is 2. The molecule has 2 aromatic heterocycles. The molecule has 1 aliphatic heterocycles. The van der Waals surface area contributed by atoms with E-state index in [1.807, 2.05) is 25.1 Å². The number of fused-ring (bicyclic) bond motifs is 1. The lowest BCUT2D eigenvalue weighted by atomic mass is 10.1. The van der Waals surface area contributed by atoms with Gasteiger partial charge in [0.25, 0.3) is 5.91 Å². The molecule has 4 rings (SSSR count). The first kappa shape index (κ1) is 24.0. The van der Waals surface area contributed by atoms with E-state index in [0.717, 1.165) is 29.2 Å². The standard InChI is InChI=1S/C24H26ClN5O3S/c1-3-30(22(31)9-12-27-23(32)19-6-4-5-11-26-19)24-28-18-10-13-29(15-21(18)34-24)16-7-8-17(25)20(14-16)33-2/h4-8,11,14H,3,9-10,12-13,15H2,1-2H3,(H,27,32). The van der Waals surface area contributed by atoms with Crippen LogP contribution >= 0.6 is 22.9 Å². The van der Waals surface area contributed by atoms with Crippen LogP contribution in [0.2, 0.25) is 5.02 Å². The molecule has 3 aromatic rings. The SMILES string of the molecule is CCN(C(=O)CCNC(=O)c1ccccn1)c1nc2c(s1)CN(c1ccc(Cl)c(OC)c1)CC2. The zero-order valence-corrected chi connectivity index (χ0v) is 20.7. The molecule has 0 fully saturated rings. The first-order valence-electron chi connectivity index (χ1n) is 11.1. The molecule has 1 aliphatic rings. The smallest absolute Gasteiger partial charge is 0.269 e. The van der Waals surface area contributed by atoms with E-state index in [4.69, 9.17) is 21.3 Å². The second-order valence-electron chi connectivity index (χ2n) is 7.72. The van der Waals surface area contributed by atoms with E-state index in [-0.39, 0.29) is 24.8 Å². The molecule has 34 heavy (non-hydrogen) atoms. The number of anilines is 2. The van der Waals surface area contributed by atoms with Crippen LogP contribution in [0.5, 0.6) is 5.75 Å². The molecule has 178 valence electrons. The maximum Gasteiger partial charge on any atom is 0.269 e. The number of hydrogen-bond acceptors (Lipinski definition) is 7. The summed E-state index contributed by atoms with van der Waals surface area (Å²) < 4.78 is 5.35. The number of pyridine rings is 1. The van der Waals surface area contributed by atoms with Crippen LogP contribution in [-0.4, -0.2) is 48.5 Å². The minimum Gasteiger partial charge on any atom is -0.495 e. The molecule has 0 aliphatic carbocycles. The van der Waals surface area contributed by atoms with Crippen molar-refractivity contribution >= 4 is 45.6 Å². The van der Waals surface area contributed by atoms with Crippen LogP contribution in [0.3, 0.4) is 0 Å². The quantitative estimate of drug-likeness (QED) is 0.505. The second kappa shape index (κ2) is 10.8. The lowest BCUT2D eigenvalue weighted by Crippen LogP contribution is -2.34. The second-order valence-corrected chi connectivity index (χ2v) is 9.18. The normalized spacial score (nSPS) is 12.7. The Balaban J connectivity index is 1.39. The van der Waals surface area contributed by atoms with Gasteiger partial charge in [0, 0.05) is 55.3 Å². The summed E-state index contributed by atoms with van der Waals surface area (Å²) in [6.07, 6.45) is 2.55. The maximum absolute atomic E-state index is 12.9. The summed E-state index contributed by atoms with van der Waals surface area (Å²) in [7, 11) is 1.61. The van der Waals surface area contributed by atoms with Gasteiger partial charge < -0.3 is 15.0 Å². The highest BCUT2D eigenvalue weighted by molar-refractivity contribution is 7.16. The van der Waals surface area contributed by atoms with Gasteiger partial charge in [-0.3, -0.25) is 19.5 Å². The summed E-state index contributed by atoms with van der Waals surface area (Å²) in [5.74, 6) is 0.280. The molecule has 0 saturated carbocycles. The molecule has 0 bridgehead atoms. The lowest BCUT2D eigenvalue weighted by molar-refractivity contribution is -0.118. The van der Waals surface area contributed by atoms with Crippen LogP contribution in [0.25, 0.3) is 0 Å². The van der Waals surface area contributed by atoms with E-state index < -0.39 is 0 Å². The van der Waals surface area contributed by atoms with Crippen molar-refractivity contribution in [1.82, 2.24) is 15.3 Å². The van der Waals surface area contributed by atoms with Crippen molar-refractivity contribution in [3.8, 4) is 5.75 Å². The molecule has 10 heteroatoms. The summed E-state index contributed by atoms with van der Waals surface area (Å²) >= 11 is 7.71. The number of benzene rings is 1. The van der Waals surface area contributed by atoms with Gasteiger partial charge in [-0.15, -0.1) is 0 Å². The highest BCUT2D eigenvalue weighted by Gasteiger charge is 2.25. The number of nitrogens with zero attached hydrogens (tertiary/aromatic N) is 4. The first-order valence-corrected chi connectivity index (χ1v) is 12.3. The lowest BCUT2D eigenvalue weighted by Gasteiger charge is -2.28. The highest BCUT2D eigenvalue weighted by atomic mass is 35.5. The summed E-state index contributed by atoms with van der Waals surface area (Å²) in [6.45, 7) is 4.21. The number of rotatable bonds is 8. The summed E-state index contributed by atoms with van der Waals surface area (Å²) in [5, 5.41) is 4.03. The minimum absolute atomic E-state index is 0.0748. The third kappa shape index (κ3) is 5.31. The predicted octanol–water partition coefficient (Wildman–Crippen LogP) is 3.94. The molecule has 0 spiro atoms. The Morgan fingerprint density at radius 3 is 2.88 bits per heavy atom. The number of amides is 2. The number of hydrogen-bond donors (Lipinski definition) is 1. The Kier molecular flexibility index (Phi) is 7.64. The Hall–Kier alpha value is -3.17. The van der Waals surface area contributed by atoms with Crippen molar-refractivity contribution in [2.24, 2.45) is 0 Å². The van der Waals surface area contributed by atoms with Gasteiger partial charge in [-0.1, -0.05) is 29.0 Å². The average molecular weight is 500 g/mol. The number of nitrogens with one attached hydrogen (secondary N) is 1. The molecule has 0 atom stereocenters. The molecule has 3 heterocycles. The molecule has 0 radical (unpaired) electrons. The third-order valence-corrected chi connectivity index (χ3v) is 7.01. The van der Waals surface area contributed by atoms with Crippen LogP contribution in [0.1, 0.15) is 34.4 Å². The fourth-order valence-electron chi connectivity index (χ4n) is 3.79. The van der Waals surface area contributed by atoms with Gasteiger partial charge in [-0.25, -0.2) is 4.98 Å². The van der Waals surface area contributed by atoms with Gasteiger partial charge in [-0.2, -0.15) is 0 Å². The maximum atomic E-state index is 12.9. The Morgan fingerprint density at radius 2 is 2.15 bits per heavy atom. The number of carbonyl (C=O) groups excluding carboxylic acids is 2. The van der Waals surface area contributed by atoms with Crippen LogP contribution < -0.4 is 19.9 Å². The van der Waals surface area contributed by atoms with E-state index in [0.29, 0.717) is 34.7 Å². The molecular weight excluding hydrogens is 474 g/mol. The summed E-state index contributed by atoms with van der Waals surface area (Å²) in [4.78, 5) is 38.9. The van der Waals surface area contributed by atoms with E-state index in [9.17, 15) is 9.59 Å². The number of methoxy groups -OCH3 is 1. The van der Waals surface area contributed by atoms with E-state index in [1.54, 1.807) is 47.7 Å². The van der Waals surface area contributed by atoms with Gasteiger partial charge in [0.1, 0.15) is 11.4 Å². The molecule has 2 amide bonds. The van der Waals surface area contributed by atoms with Crippen molar-refractivity contribution in [2.45, 2.75) is 26.3 Å². The largest absolute Gasteiger partial charge is 0.495 e. The van der Waals surface area contributed by atoms with E-state index in [2.05, 4.69) is 15.2 Å². The van der Waals surface area contributed by atoms with Crippen molar-refractivity contribution in [2.75, 3.05) is 36.5 Å². The number of aromatic nitrogens is 2. The molecule has 8 nitrogen and oxygen atoms in total. The van der Waals surface area contributed by atoms with Gasteiger partial charge >= 0.3 is 0 Å². The van der Waals surface area contributed by atoms with Crippen LogP contribution in [0, 0.1) is 0 Å². The van der Waals surface area contributed by atoms with E-state index in [1.165, 1.54) is 0 Å². The summed E-state index contributed by atoms with van der Waals surface area (Å²) in [6, 6.07) is 10.9. The molecule has 1 aromatic carbocycles. The highest BCUT2D eigenvalue weighted by Crippen LogP contribution is 2.35. The van der Waals surface area contributed by atoms with Gasteiger partial charge in [0.15, 0.2) is 5.13 Å². The van der Waals surface area contributed by atoms with Crippen molar-refractivity contribution in [1.29, 1.82) is 0 Å². The van der Waals surface area contributed by atoms with Crippen LogP contribution in [0.15, 0.2) is 42.6 Å². The van der Waals surface area contributed by atoms with Crippen molar-refractivity contribution in [3.63, 3.8) is 0 Å². The topological polar surface area (TPSA) is 87.7 Å². The minimum atomic E-state index is -0.292. The Labute approximate surface area is 207 Å². The molecule has 0 unspecified atom stereocenters. The zero-order valence-electron chi connectivity index (χ0n) is 19.1. The fourth-order valence-corrected chi connectivity index (χ4v) is 5.18.